The van der Waals surface area contributed by atoms with Crippen LogP contribution in [0.15, 0.2) is 59.8 Å². The summed E-state index contributed by atoms with van der Waals surface area (Å²) in [7, 11) is 0. The van der Waals surface area contributed by atoms with E-state index in [2.05, 4.69) is 48.2 Å². The summed E-state index contributed by atoms with van der Waals surface area (Å²) in [6.45, 7) is 6.52. The molecule has 4 nitrogen and oxygen atoms in total. The molecule has 0 amide bonds. The van der Waals surface area contributed by atoms with E-state index in [0.717, 1.165) is 36.5 Å². The first-order chi connectivity index (χ1) is 11.6. The molecular weight excluding hydrogens is 300 g/mol. The summed E-state index contributed by atoms with van der Waals surface area (Å²) in [5.41, 5.74) is 3.10. The van der Waals surface area contributed by atoms with Gasteiger partial charge in [0, 0.05) is 30.6 Å². The van der Waals surface area contributed by atoms with E-state index in [0.29, 0.717) is 6.61 Å². The zero-order chi connectivity index (χ0) is 17.0. The maximum Gasteiger partial charge on any atom is 0.119 e. The number of piperidine rings is 1. The molecule has 0 atom stereocenters. The third-order valence-corrected chi connectivity index (χ3v) is 4.56. The van der Waals surface area contributed by atoms with Gasteiger partial charge < -0.3 is 14.8 Å². The van der Waals surface area contributed by atoms with Crippen LogP contribution < -0.4 is 9.64 Å². The summed E-state index contributed by atoms with van der Waals surface area (Å²) in [6.07, 6.45) is 0.787. The van der Waals surface area contributed by atoms with Crippen molar-refractivity contribution in [2.24, 2.45) is 10.6 Å². The molecule has 0 bridgehead atoms. The lowest BCUT2D eigenvalue weighted by molar-refractivity contribution is 0.303. The van der Waals surface area contributed by atoms with E-state index < -0.39 is 0 Å². The zero-order valence-corrected chi connectivity index (χ0v) is 14.3. The lowest BCUT2D eigenvalue weighted by Gasteiger charge is -2.39. The van der Waals surface area contributed by atoms with Gasteiger partial charge in [-0.05, 0) is 29.8 Å². The smallest absolute Gasteiger partial charge is 0.119 e. The van der Waals surface area contributed by atoms with Gasteiger partial charge in [0.15, 0.2) is 0 Å². The highest BCUT2D eigenvalue weighted by Crippen LogP contribution is 2.30. The third kappa shape index (κ3) is 3.70. The Bertz CT molecular complexity index is 693. The average molecular weight is 324 g/mol. The van der Waals surface area contributed by atoms with E-state index in [1.165, 1.54) is 5.69 Å². The Morgan fingerprint density at radius 1 is 1.08 bits per heavy atom. The molecule has 2 aromatic carbocycles. The summed E-state index contributed by atoms with van der Waals surface area (Å²) in [6, 6.07) is 18.4. The Labute approximate surface area is 143 Å². The van der Waals surface area contributed by atoms with Gasteiger partial charge in [-0.25, -0.2) is 0 Å². The van der Waals surface area contributed by atoms with Crippen molar-refractivity contribution in [1.29, 1.82) is 0 Å². The van der Waals surface area contributed by atoms with E-state index in [1.54, 1.807) is 0 Å². The topological polar surface area (TPSA) is 45.1 Å². The molecule has 0 saturated carbocycles. The van der Waals surface area contributed by atoms with Crippen LogP contribution in [0.3, 0.4) is 0 Å². The molecule has 1 aliphatic rings. The number of anilines is 1. The van der Waals surface area contributed by atoms with Gasteiger partial charge in [0.25, 0.3) is 0 Å². The Morgan fingerprint density at radius 2 is 1.79 bits per heavy atom. The van der Waals surface area contributed by atoms with Gasteiger partial charge in [-0.1, -0.05) is 49.3 Å². The summed E-state index contributed by atoms with van der Waals surface area (Å²) in [5, 5.41) is 12.6. The van der Waals surface area contributed by atoms with E-state index in [4.69, 9.17) is 9.94 Å². The third-order valence-electron chi connectivity index (χ3n) is 4.56. The van der Waals surface area contributed by atoms with Gasteiger partial charge in [-0.3, -0.25) is 0 Å². The fourth-order valence-electron chi connectivity index (χ4n) is 3.13. The van der Waals surface area contributed by atoms with Gasteiger partial charge in [-0.2, -0.15) is 0 Å². The van der Waals surface area contributed by atoms with Crippen molar-refractivity contribution in [2.45, 2.75) is 26.9 Å². The first-order valence-electron chi connectivity index (χ1n) is 8.32. The molecule has 0 unspecified atom stereocenters. The van der Waals surface area contributed by atoms with Crippen LogP contribution in [-0.2, 0) is 6.61 Å². The van der Waals surface area contributed by atoms with Crippen LogP contribution in [0.25, 0.3) is 0 Å². The van der Waals surface area contributed by atoms with Crippen LogP contribution in [0, 0.1) is 5.41 Å². The SMILES string of the molecule is CC1(C)CN(c2ccc(OCc3ccccc3)cc2)CC/C1=N\O. The minimum absolute atomic E-state index is 0.116. The molecule has 4 heteroatoms. The number of benzene rings is 2. The Kier molecular flexibility index (Phi) is 4.74. The highest BCUT2D eigenvalue weighted by molar-refractivity contribution is 5.91. The van der Waals surface area contributed by atoms with E-state index >= 15 is 0 Å². The first kappa shape index (κ1) is 16.4. The Hall–Kier alpha value is -2.49. The summed E-state index contributed by atoms with van der Waals surface area (Å²) in [4.78, 5) is 2.33. The minimum Gasteiger partial charge on any atom is -0.489 e. The van der Waals surface area contributed by atoms with Gasteiger partial charge in [0.2, 0.25) is 0 Å². The fourth-order valence-corrected chi connectivity index (χ4v) is 3.13. The van der Waals surface area contributed by atoms with Crippen molar-refractivity contribution < 1.29 is 9.94 Å². The van der Waals surface area contributed by atoms with Crippen LogP contribution in [0.2, 0.25) is 0 Å². The predicted octanol–water partition coefficient (Wildman–Crippen LogP) is 4.33. The molecule has 1 fully saturated rings. The van der Waals surface area contributed by atoms with Crippen LogP contribution in [0.5, 0.6) is 5.75 Å². The van der Waals surface area contributed by atoms with E-state index in [-0.39, 0.29) is 5.41 Å². The molecule has 1 aliphatic heterocycles. The standard InChI is InChI=1S/C20H24N2O2/c1-20(2)15-22(13-12-19(20)21-23)17-8-10-18(11-9-17)24-14-16-6-4-3-5-7-16/h3-11,23H,12-15H2,1-2H3/b21-19+. The zero-order valence-electron chi connectivity index (χ0n) is 14.3. The van der Waals surface area contributed by atoms with Crippen LogP contribution in [0.1, 0.15) is 25.8 Å². The highest BCUT2D eigenvalue weighted by Gasteiger charge is 2.33. The molecule has 0 aromatic heterocycles. The maximum atomic E-state index is 9.13. The number of nitrogens with zero attached hydrogens (tertiary/aromatic N) is 2. The van der Waals surface area contributed by atoms with Gasteiger partial charge in [-0.15, -0.1) is 0 Å². The van der Waals surface area contributed by atoms with Gasteiger partial charge in [0.05, 0.1) is 5.71 Å². The van der Waals surface area contributed by atoms with Crippen molar-refractivity contribution in [3.05, 3.63) is 60.2 Å². The van der Waals surface area contributed by atoms with E-state index in [9.17, 15) is 0 Å². The predicted molar refractivity (Wildman–Crippen MR) is 97.0 cm³/mol. The van der Waals surface area contributed by atoms with E-state index in [1.807, 2.05) is 30.3 Å². The number of hydrogen-bond acceptors (Lipinski definition) is 4. The maximum absolute atomic E-state index is 9.13. The molecule has 3 rings (SSSR count). The highest BCUT2D eigenvalue weighted by atomic mass is 16.5. The molecule has 2 aromatic rings. The van der Waals surface area contributed by atoms with Gasteiger partial charge in [0.1, 0.15) is 12.4 Å². The van der Waals surface area contributed by atoms with Crippen LogP contribution in [-0.4, -0.2) is 24.0 Å². The average Bonchev–Trinajstić information content (AvgIpc) is 2.60. The summed E-state index contributed by atoms with van der Waals surface area (Å²) < 4.78 is 5.84. The first-order valence-corrected chi connectivity index (χ1v) is 8.32. The van der Waals surface area contributed by atoms with Crippen molar-refractivity contribution in [3.8, 4) is 5.75 Å². The molecule has 0 aliphatic carbocycles. The van der Waals surface area contributed by atoms with Crippen LogP contribution >= 0.6 is 0 Å². The molecule has 1 saturated heterocycles. The quantitative estimate of drug-likeness (QED) is 0.672. The van der Waals surface area contributed by atoms with Gasteiger partial charge >= 0.3 is 0 Å². The fraction of sp³-hybridized carbons (Fsp3) is 0.350. The van der Waals surface area contributed by atoms with Crippen molar-refractivity contribution in [2.75, 3.05) is 18.0 Å². The molecule has 0 spiro atoms. The van der Waals surface area contributed by atoms with Crippen molar-refractivity contribution in [1.82, 2.24) is 0 Å². The van der Waals surface area contributed by atoms with Crippen LogP contribution in [0.4, 0.5) is 5.69 Å². The minimum atomic E-state index is -0.116. The second-order valence-electron chi connectivity index (χ2n) is 6.87. The normalized spacial score (nSPS) is 18.6. The van der Waals surface area contributed by atoms with Crippen molar-refractivity contribution >= 4 is 11.4 Å². The molecule has 0 radical (unpaired) electrons. The number of oxime groups is 1. The molecule has 126 valence electrons. The monoisotopic (exact) mass is 324 g/mol. The van der Waals surface area contributed by atoms with Crippen molar-refractivity contribution in [3.63, 3.8) is 0 Å². The Morgan fingerprint density at radius 3 is 2.42 bits per heavy atom. The number of hydrogen-bond donors (Lipinski definition) is 1. The second-order valence-corrected chi connectivity index (χ2v) is 6.87. The molecule has 1 N–H and O–H groups in total. The molecule has 1 heterocycles. The number of rotatable bonds is 4. The summed E-state index contributed by atoms with van der Waals surface area (Å²) in [5.74, 6) is 0.872. The lowest BCUT2D eigenvalue weighted by Crippen LogP contribution is -2.46. The molecule has 24 heavy (non-hydrogen) atoms. The summed E-state index contributed by atoms with van der Waals surface area (Å²) >= 11 is 0. The Balaban J connectivity index is 1.62. The number of ether oxygens (including phenoxy) is 1. The lowest BCUT2D eigenvalue weighted by atomic mass is 9.82. The second kappa shape index (κ2) is 6.95. The largest absolute Gasteiger partial charge is 0.489 e. The molecular formula is C20H24N2O2.